The van der Waals surface area contributed by atoms with E-state index >= 15 is 0 Å². The highest BCUT2D eigenvalue weighted by atomic mass is 32.2. The highest BCUT2D eigenvalue weighted by Gasteiger charge is 2.39. The number of aryl methyl sites for hydroxylation is 1. The van der Waals surface area contributed by atoms with Crippen molar-refractivity contribution in [2.45, 2.75) is 50.6 Å². The van der Waals surface area contributed by atoms with Crippen molar-refractivity contribution in [3.63, 3.8) is 0 Å². The summed E-state index contributed by atoms with van der Waals surface area (Å²) in [7, 11) is -0.481. The molecule has 27 heavy (non-hydrogen) atoms. The van der Waals surface area contributed by atoms with Gasteiger partial charge in [-0.15, -0.1) is 0 Å². The third kappa shape index (κ3) is 3.55. The number of nitrogens with zero attached hydrogens (tertiary/aromatic N) is 3. The van der Waals surface area contributed by atoms with Crippen molar-refractivity contribution >= 4 is 10.0 Å². The summed E-state index contributed by atoms with van der Waals surface area (Å²) in [6.45, 7) is 6.16. The third-order valence-corrected chi connectivity index (χ3v) is 7.00. The van der Waals surface area contributed by atoms with E-state index in [9.17, 15) is 8.42 Å². The van der Waals surface area contributed by atoms with Crippen molar-refractivity contribution in [1.82, 2.24) is 14.1 Å². The van der Waals surface area contributed by atoms with Crippen LogP contribution in [-0.4, -0.2) is 43.3 Å². The standard InChI is InChI=1S/C19H27N3O4S/c1-13(2)21-12-19(14(3)20-21)27(23,24)22-10-6-7-17(22)16-11-15(25-4)8-9-18(16)26-5/h8-9,11-13,17H,6-7,10H2,1-5H3/t17-/m1/s1. The molecule has 148 valence electrons. The number of hydrogen-bond acceptors (Lipinski definition) is 5. The zero-order valence-corrected chi connectivity index (χ0v) is 17.3. The van der Waals surface area contributed by atoms with Crippen LogP contribution in [0.5, 0.6) is 11.5 Å². The Kier molecular flexibility index (Phi) is 5.48. The minimum Gasteiger partial charge on any atom is -0.497 e. The van der Waals surface area contributed by atoms with E-state index in [1.807, 2.05) is 32.0 Å². The van der Waals surface area contributed by atoms with Crippen molar-refractivity contribution in [3.8, 4) is 11.5 Å². The van der Waals surface area contributed by atoms with Gasteiger partial charge in [0, 0.05) is 24.3 Å². The number of sulfonamides is 1. The zero-order valence-electron chi connectivity index (χ0n) is 16.5. The number of hydrogen-bond donors (Lipinski definition) is 0. The van der Waals surface area contributed by atoms with Crippen LogP contribution in [0, 0.1) is 6.92 Å². The Morgan fingerprint density at radius 3 is 2.56 bits per heavy atom. The molecule has 1 aliphatic rings. The first-order valence-corrected chi connectivity index (χ1v) is 10.5. The molecule has 1 aliphatic heterocycles. The van der Waals surface area contributed by atoms with E-state index in [-0.39, 0.29) is 17.0 Å². The Hall–Kier alpha value is -2.06. The summed E-state index contributed by atoms with van der Waals surface area (Å²) in [6, 6.07) is 5.30. The third-order valence-electron chi connectivity index (χ3n) is 4.99. The number of aromatic nitrogens is 2. The molecule has 1 aromatic heterocycles. The van der Waals surface area contributed by atoms with Crippen LogP contribution in [0.15, 0.2) is 29.3 Å². The van der Waals surface area contributed by atoms with E-state index in [0.29, 0.717) is 23.7 Å². The highest BCUT2D eigenvalue weighted by molar-refractivity contribution is 7.89. The molecule has 0 bridgehead atoms. The molecule has 0 unspecified atom stereocenters. The molecule has 1 saturated heterocycles. The lowest BCUT2D eigenvalue weighted by Crippen LogP contribution is -2.31. The van der Waals surface area contributed by atoms with E-state index < -0.39 is 10.0 Å². The van der Waals surface area contributed by atoms with Crippen molar-refractivity contribution < 1.29 is 17.9 Å². The van der Waals surface area contributed by atoms with Gasteiger partial charge >= 0.3 is 0 Å². The summed E-state index contributed by atoms with van der Waals surface area (Å²) in [4.78, 5) is 0.268. The van der Waals surface area contributed by atoms with Gasteiger partial charge in [-0.3, -0.25) is 4.68 Å². The smallest absolute Gasteiger partial charge is 0.247 e. The Bertz CT molecular complexity index is 921. The number of rotatable bonds is 6. The van der Waals surface area contributed by atoms with Crippen LogP contribution >= 0.6 is 0 Å². The Morgan fingerprint density at radius 2 is 1.96 bits per heavy atom. The average molecular weight is 394 g/mol. The normalized spacial score (nSPS) is 18.2. The highest BCUT2D eigenvalue weighted by Crippen LogP contribution is 2.42. The molecule has 7 nitrogen and oxygen atoms in total. The molecule has 0 amide bonds. The van der Waals surface area contributed by atoms with Crippen molar-refractivity contribution in [2.75, 3.05) is 20.8 Å². The van der Waals surface area contributed by atoms with Crippen LogP contribution in [0.3, 0.4) is 0 Å². The second-order valence-electron chi connectivity index (χ2n) is 7.03. The van der Waals surface area contributed by atoms with E-state index in [1.54, 1.807) is 36.3 Å². The summed E-state index contributed by atoms with van der Waals surface area (Å²) < 4.78 is 40.9. The predicted molar refractivity (Wildman–Crippen MR) is 103 cm³/mol. The minimum atomic E-state index is -3.67. The SMILES string of the molecule is COc1ccc(OC)c([C@H]2CCCN2S(=O)(=O)c2cn(C(C)C)nc2C)c1. The second kappa shape index (κ2) is 7.52. The van der Waals surface area contributed by atoms with E-state index in [1.165, 1.54) is 0 Å². The lowest BCUT2D eigenvalue weighted by molar-refractivity contribution is 0.361. The van der Waals surface area contributed by atoms with E-state index in [4.69, 9.17) is 9.47 Å². The topological polar surface area (TPSA) is 73.7 Å². The van der Waals surface area contributed by atoms with Gasteiger partial charge in [0.05, 0.1) is 26.0 Å². The molecule has 1 aromatic carbocycles. The summed E-state index contributed by atoms with van der Waals surface area (Å²) in [6.07, 6.45) is 3.16. The number of ether oxygens (including phenoxy) is 2. The predicted octanol–water partition coefficient (Wildman–Crippen LogP) is 3.32. The molecular weight excluding hydrogens is 366 g/mol. The summed E-state index contributed by atoms with van der Waals surface area (Å²) >= 11 is 0. The monoisotopic (exact) mass is 393 g/mol. The number of methoxy groups -OCH3 is 2. The lowest BCUT2D eigenvalue weighted by Gasteiger charge is -2.25. The van der Waals surface area contributed by atoms with Gasteiger partial charge in [0.1, 0.15) is 16.4 Å². The van der Waals surface area contributed by atoms with E-state index in [2.05, 4.69) is 5.10 Å². The van der Waals surface area contributed by atoms with Gasteiger partial charge in [-0.2, -0.15) is 9.40 Å². The fourth-order valence-electron chi connectivity index (χ4n) is 3.55. The molecule has 3 rings (SSSR count). The van der Waals surface area contributed by atoms with Crippen LogP contribution in [-0.2, 0) is 10.0 Å². The molecule has 1 fully saturated rings. The van der Waals surface area contributed by atoms with Crippen LogP contribution in [0.25, 0.3) is 0 Å². The number of benzene rings is 1. The van der Waals surface area contributed by atoms with Gasteiger partial charge in [0.25, 0.3) is 0 Å². The first kappa shape index (κ1) is 19.7. The van der Waals surface area contributed by atoms with Crippen molar-refractivity contribution in [2.24, 2.45) is 0 Å². The fraction of sp³-hybridized carbons (Fsp3) is 0.526. The fourth-order valence-corrected chi connectivity index (χ4v) is 5.38. The average Bonchev–Trinajstić information content (AvgIpc) is 3.28. The Labute approximate surface area is 160 Å². The second-order valence-corrected chi connectivity index (χ2v) is 8.89. The molecule has 0 N–H and O–H groups in total. The lowest BCUT2D eigenvalue weighted by atomic mass is 10.0. The molecule has 1 atom stereocenters. The zero-order chi connectivity index (χ0) is 19.8. The van der Waals surface area contributed by atoms with Gasteiger partial charge in [-0.05, 0) is 51.8 Å². The largest absolute Gasteiger partial charge is 0.497 e. The van der Waals surface area contributed by atoms with Crippen molar-refractivity contribution in [1.29, 1.82) is 0 Å². The molecule has 2 heterocycles. The molecule has 8 heteroatoms. The maximum atomic E-state index is 13.4. The van der Waals surface area contributed by atoms with Crippen LogP contribution < -0.4 is 9.47 Å². The van der Waals surface area contributed by atoms with Crippen LogP contribution in [0.1, 0.15) is 50.0 Å². The Morgan fingerprint density at radius 1 is 1.22 bits per heavy atom. The quantitative estimate of drug-likeness (QED) is 0.753. The molecule has 0 radical (unpaired) electrons. The van der Waals surface area contributed by atoms with Crippen LogP contribution in [0.2, 0.25) is 0 Å². The summed E-state index contributed by atoms with van der Waals surface area (Å²) in [5, 5.41) is 4.37. The molecule has 0 spiro atoms. The van der Waals surface area contributed by atoms with Gasteiger partial charge in [0.2, 0.25) is 10.0 Å². The Balaban J connectivity index is 2.04. The minimum absolute atomic E-state index is 0.0977. The maximum Gasteiger partial charge on any atom is 0.247 e. The molecule has 2 aromatic rings. The van der Waals surface area contributed by atoms with Gasteiger partial charge in [0.15, 0.2) is 0 Å². The first-order chi connectivity index (χ1) is 12.8. The van der Waals surface area contributed by atoms with Gasteiger partial charge in [-0.25, -0.2) is 8.42 Å². The summed E-state index contributed by atoms with van der Waals surface area (Å²) in [5.41, 5.74) is 1.35. The maximum absolute atomic E-state index is 13.4. The molecular formula is C19H27N3O4S. The summed E-state index contributed by atoms with van der Waals surface area (Å²) in [5.74, 6) is 1.34. The van der Waals surface area contributed by atoms with Gasteiger partial charge in [-0.1, -0.05) is 0 Å². The van der Waals surface area contributed by atoms with Gasteiger partial charge < -0.3 is 9.47 Å². The molecule has 0 saturated carbocycles. The van der Waals surface area contributed by atoms with Crippen molar-refractivity contribution in [3.05, 3.63) is 35.7 Å². The van der Waals surface area contributed by atoms with Crippen LogP contribution in [0.4, 0.5) is 0 Å². The van der Waals surface area contributed by atoms with E-state index in [0.717, 1.165) is 18.4 Å². The first-order valence-electron chi connectivity index (χ1n) is 9.09. The molecule has 0 aliphatic carbocycles.